The van der Waals surface area contributed by atoms with Gasteiger partial charge in [0.2, 0.25) is 5.13 Å². The summed E-state index contributed by atoms with van der Waals surface area (Å²) in [4.78, 5) is 65.9. The van der Waals surface area contributed by atoms with Crippen molar-refractivity contribution in [3.63, 3.8) is 0 Å². The summed E-state index contributed by atoms with van der Waals surface area (Å²) in [5.74, 6) is -1.90. The molecule has 1 aromatic heterocycles. The zero-order valence-electron chi connectivity index (χ0n) is 43.6. The van der Waals surface area contributed by atoms with Gasteiger partial charge >= 0.3 is 29.8 Å². The molecule has 0 bridgehead atoms. The Morgan fingerprint density at radius 2 is 1.33 bits per heavy atom. The van der Waals surface area contributed by atoms with Crippen molar-refractivity contribution in [2.75, 3.05) is 64.4 Å². The molecule has 0 fully saturated rings. The molecule has 4 aromatic carbocycles. The number of carbonyl (C=O) groups is 5. The first kappa shape index (κ1) is 59.2. The van der Waals surface area contributed by atoms with E-state index in [0.717, 1.165) is 45.1 Å². The van der Waals surface area contributed by atoms with E-state index in [1.807, 2.05) is 56.3 Å². The molecule has 0 radical (unpaired) electrons. The fourth-order valence-electron chi connectivity index (χ4n) is 7.71. The first-order valence-electron chi connectivity index (χ1n) is 24.8. The highest BCUT2D eigenvalue weighted by atomic mass is 32.1. The molecule has 0 amide bonds. The Morgan fingerprint density at radius 3 is 1.99 bits per heavy atom. The lowest BCUT2D eigenvalue weighted by Crippen LogP contribution is -2.40. The van der Waals surface area contributed by atoms with E-state index in [9.17, 15) is 29.1 Å². The van der Waals surface area contributed by atoms with E-state index >= 15 is 0 Å². The molecule has 1 heterocycles. The van der Waals surface area contributed by atoms with Crippen LogP contribution >= 0.6 is 11.3 Å². The van der Waals surface area contributed by atoms with E-state index in [1.54, 1.807) is 73.6 Å². The van der Waals surface area contributed by atoms with Gasteiger partial charge in [0, 0.05) is 44.1 Å². The maximum Gasteiger partial charge on any atom is 0.338 e. The summed E-state index contributed by atoms with van der Waals surface area (Å²) in [6, 6.07) is 26.6. The molecule has 18 heteroatoms. The molecule has 17 nitrogen and oxygen atoms in total. The minimum Gasteiger partial charge on any atom is -0.493 e. The van der Waals surface area contributed by atoms with E-state index in [0.29, 0.717) is 66.5 Å². The third kappa shape index (κ3) is 20.2. The maximum absolute atomic E-state index is 13.2. The van der Waals surface area contributed by atoms with Gasteiger partial charge in [-0.2, -0.15) is 5.10 Å². The number of hydrogen-bond acceptors (Lipinski definition) is 18. The highest BCUT2D eigenvalue weighted by Gasteiger charge is 2.33. The summed E-state index contributed by atoms with van der Waals surface area (Å²) in [7, 11) is 0. The molecule has 404 valence electrons. The van der Waals surface area contributed by atoms with E-state index < -0.39 is 41.0 Å². The number of fused-ring (bicyclic) bond motifs is 1. The number of hydrogen-bond donors (Lipinski definition) is 1. The summed E-state index contributed by atoms with van der Waals surface area (Å²) in [5.41, 5.74) is 2.37. The molecular weight excluding hydrogens is 995 g/mol. The second-order valence-corrected chi connectivity index (χ2v) is 19.5. The quantitative estimate of drug-likeness (QED) is 0.0104. The largest absolute Gasteiger partial charge is 0.493 e. The molecule has 5 aromatic rings. The van der Waals surface area contributed by atoms with Crippen molar-refractivity contribution in [2.24, 2.45) is 11.0 Å². The zero-order valence-corrected chi connectivity index (χ0v) is 44.4. The third-order valence-corrected chi connectivity index (χ3v) is 12.2. The average Bonchev–Trinajstić information content (AvgIpc) is 3.84. The number of rotatable bonds is 33. The van der Waals surface area contributed by atoms with Gasteiger partial charge in [-0.05, 0) is 124 Å². The number of unbranched alkanes of at least 4 members (excludes halogenated alkanes) is 1. The van der Waals surface area contributed by atoms with Gasteiger partial charge in [-0.25, -0.2) is 34.0 Å². The minimum absolute atomic E-state index is 0.0376. The number of aliphatic hydroxyl groups is 1. The van der Waals surface area contributed by atoms with Gasteiger partial charge in [-0.3, -0.25) is 0 Å². The molecule has 76 heavy (non-hydrogen) atoms. The Kier molecular flexibility index (Phi) is 23.4. The SMILES string of the molecule is C=CC(=O)OCCCCOCC(COC(=O)C=C)COc1ccc(C(=O)OCCc2ccc(CCOC(=O)c3ccc(OC(C)(C)CC(C)(C)OC(=O)C=C)cc3)cc2/C=N/N(CCO)c2nc3ccccc3s2)cc1. The molecule has 0 aliphatic rings. The highest BCUT2D eigenvalue weighted by Crippen LogP contribution is 2.30. The van der Waals surface area contributed by atoms with Crippen molar-refractivity contribution in [3.8, 4) is 11.5 Å². The van der Waals surface area contributed by atoms with Gasteiger partial charge in [0.1, 0.15) is 22.7 Å². The van der Waals surface area contributed by atoms with Crippen LogP contribution in [0, 0.1) is 5.92 Å². The van der Waals surface area contributed by atoms with Crippen molar-refractivity contribution in [1.82, 2.24) is 4.98 Å². The lowest BCUT2D eigenvalue weighted by Gasteiger charge is -2.34. The van der Waals surface area contributed by atoms with Gasteiger partial charge in [0.25, 0.3) is 0 Å². The van der Waals surface area contributed by atoms with Crippen LogP contribution in [0.5, 0.6) is 11.5 Å². The van der Waals surface area contributed by atoms with Gasteiger partial charge in [0.15, 0.2) is 0 Å². The van der Waals surface area contributed by atoms with Crippen LogP contribution in [-0.4, -0.2) is 117 Å². The van der Waals surface area contributed by atoms with Crippen molar-refractivity contribution >= 4 is 62.7 Å². The Labute approximate surface area is 447 Å². The molecule has 1 N–H and O–H groups in total. The van der Waals surface area contributed by atoms with Crippen molar-refractivity contribution in [3.05, 3.63) is 157 Å². The second kappa shape index (κ2) is 30.0. The number of aromatic nitrogens is 1. The molecule has 0 saturated carbocycles. The first-order valence-corrected chi connectivity index (χ1v) is 25.6. The van der Waals surface area contributed by atoms with Gasteiger partial charge in [-0.1, -0.05) is 55.3 Å². The number of para-hydroxylation sites is 1. The van der Waals surface area contributed by atoms with Gasteiger partial charge in [-0.15, -0.1) is 0 Å². The number of carbonyl (C=O) groups excluding carboxylic acids is 5. The van der Waals surface area contributed by atoms with Crippen LogP contribution in [0.4, 0.5) is 5.13 Å². The number of aliphatic hydroxyl groups excluding tert-OH is 1. The van der Waals surface area contributed by atoms with Gasteiger partial charge in [0.05, 0.1) is 86.3 Å². The molecule has 5 rings (SSSR count). The average molecular weight is 1060 g/mol. The molecule has 0 saturated heterocycles. The molecule has 0 spiro atoms. The Hall–Kier alpha value is -7.67. The monoisotopic (exact) mass is 1060 g/mol. The Bertz CT molecular complexity index is 2740. The summed E-state index contributed by atoms with van der Waals surface area (Å²) < 4.78 is 46.0. The molecule has 0 aliphatic heterocycles. The summed E-state index contributed by atoms with van der Waals surface area (Å²) in [6.07, 6.45) is 7.37. The van der Waals surface area contributed by atoms with Crippen molar-refractivity contribution in [2.45, 2.75) is 71.0 Å². The lowest BCUT2D eigenvalue weighted by molar-refractivity contribution is -0.154. The van der Waals surface area contributed by atoms with Crippen molar-refractivity contribution in [1.29, 1.82) is 0 Å². The smallest absolute Gasteiger partial charge is 0.338 e. The Balaban J connectivity index is 1.19. The minimum atomic E-state index is -0.805. The van der Waals surface area contributed by atoms with E-state index in [2.05, 4.69) is 19.7 Å². The number of anilines is 1. The summed E-state index contributed by atoms with van der Waals surface area (Å²) in [5, 5.41) is 17.0. The predicted molar refractivity (Wildman–Crippen MR) is 290 cm³/mol. The molecule has 0 aliphatic carbocycles. The summed E-state index contributed by atoms with van der Waals surface area (Å²) in [6.45, 7) is 18.9. The van der Waals surface area contributed by atoms with Gasteiger partial charge < -0.3 is 43.0 Å². The standard InChI is InChI=1S/C58H67N3O14S/c1-8-51(63)69-32-14-13-31-68-37-42(39-73-52(64)9-2)38-72-47-23-19-44(20-24-47)55(67)71-34-28-43-18-17-41(35-46(43)36-59-61(29-30-62)56-60-49-15-11-12-16-50(49)76-56)27-33-70-54(66)45-21-25-48(26-22-45)74-57(4,5)40-58(6,7)75-53(65)10-3/h8-12,15-26,35-36,42,62H,1-3,13-14,27-34,37-40H2,4-7H3/b59-36+. The normalized spacial score (nSPS) is 11.8. The van der Waals surface area contributed by atoms with E-state index in [4.69, 9.17) is 48.0 Å². The predicted octanol–water partition coefficient (Wildman–Crippen LogP) is 9.23. The maximum atomic E-state index is 13.2. The van der Waals surface area contributed by atoms with Crippen LogP contribution in [0.2, 0.25) is 0 Å². The van der Waals surface area contributed by atoms with E-state index in [1.165, 1.54) is 11.3 Å². The Morgan fingerprint density at radius 1 is 0.697 bits per heavy atom. The molecule has 1 atom stereocenters. The number of ether oxygens (including phenoxy) is 8. The van der Waals surface area contributed by atoms with Crippen LogP contribution < -0.4 is 14.5 Å². The van der Waals surface area contributed by atoms with Crippen LogP contribution in [0.1, 0.15) is 84.4 Å². The molecular formula is C58H67N3O14S. The van der Waals surface area contributed by atoms with Crippen LogP contribution in [0.3, 0.4) is 0 Å². The number of nitrogens with zero attached hydrogens (tertiary/aromatic N) is 3. The third-order valence-electron chi connectivity index (χ3n) is 11.1. The van der Waals surface area contributed by atoms with Crippen LogP contribution in [0.25, 0.3) is 10.2 Å². The van der Waals surface area contributed by atoms with Crippen molar-refractivity contribution < 1.29 is 67.0 Å². The fourth-order valence-corrected chi connectivity index (χ4v) is 8.66. The zero-order chi connectivity index (χ0) is 54.9. The second-order valence-electron chi connectivity index (χ2n) is 18.5. The first-order chi connectivity index (χ1) is 36.5. The number of thiazole rings is 1. The van der Waals surface area contributed by atoms with E-state index in [-0.39, 0.29) is 58.7 Å². The summed E-state index contributed by atoms with van der Waals surface area (Å²) >= 11 is 1.45. The lowest BCUT2D eigenvalue weighted by atomic mass is 9.92. The number of benzene rings is 4. The van der Waals surface area contributed by atoms with Crippen LogP contribution in [-0.2, 0) is 55.6 Å². The number of esters is 5. The highest BCUT2D eigenvalue weighted by molar-refractivity contribution is 7.22. The van der Waals surface area contributed by atoms with Crippen LogP contribution in [0.15, 0.2) is 134 Å². The number of hydrazone groups is 1. The molecule has 1 unspecified atom stereocenters. The topological polar surface area (TPSA) is 208 Å². The fraction of sp³-hybridized carbons (Fsp3) is 0.362.